The Bertz CT molecular complexity index is 871. The number of halogens is 4. The summed E-state index contributed by atoms with van der Waals surface area (Å²) >= 11 is 0. The van der Waals surface area contributed by atoms with Crippen LogP contribution in [0, 0.1) is 17.5 Å². The predicted octanol–water partition coefficient (Wildman–Crippen LogP) is 4.76. The van der Waals surface area contributed by atoms with Gasteiger partial charge in [-0.05, 0) is 18.1 Å². The molecule has 2 aromatic carbocycles. The average molecular weight is 380 g/mol. The summed E-state index contributed by atoms with van der Waals surface area (Å²) in [6, 6.07) is 7.19. The Balaban J connectivity index is 1.97. The van der Waals surface area contributed by atoms with Gasteiger partial charge in [0.1, 0.15) is 5.82 Å². The summed E-state index contributed by atoms with van der Waals surface area (Å²) in [4.78, 5) is 14.6. The lowest BCUT2D eigenvalue weighted by Crippen LogP contribution is -2.49. The maximum Gasteiger partial charge on any atom is 0.321 e. The van der Waals surface area contributed by atoms with E-state index in [0.29, 0.717) is 6.42 Å². The molecule has 3 rings (SSSR count). The monoisotopic (exact) mass is 380 g/mol. The van der Waals surface area contributed by atoms with Gasteiger partial charge in [-0.15, -0.1) is 0 Å². The second-order valence-corrected chi connectivity index (χ2v) is 6.91. The van der Waals surface area contributed by atoms with Crippen molar-refractivity contribution >= 4 is 6.03 Å². The van der Waals surface area contributed by atoms with Crippen molar-refractivity contribution in [3.8, 4) is 11.1 Å². The molecule has 0 radical (unpaired) electrons. The maximum atomic E-state index is 15.5. The van der Waals surface area contributed by atoms with Crippen molar-refractivity contribution in [2.75, 3.05) is 20.6 Å². The van der Waals surface area contributed by atoms with Crippen molar-refractivity contribution in [1.29, 1.82) is 0 Å². The molecule has 1 heterocycles. The molecule has 0 aromatic heterocycles. The number of likely N-dealkylation sites (tertiary alicyclic amines) is 1. The quantitative estimate of drug-likeness (QED) is 0.557. The van der Waals surface area contributed by atoms with Gasteiger partial charge >= 0.3 is 6.03 Å². The van der Waals surface area contributed by atoms with Gasteiger partial charge in [0.25, 0.3) is 0 Å². The number of nitrogens with zero attached hydrogens (tertiary/aromatic N) is 2. The van der Waals surface area contributed by atoms with E-state index >= 15 is 8.78 Å². The highest BCUT2D eigenvalue weighted by atomic mass is 19.2. The Hall–Kier alpha value is -2.57. The minimum atomic E-state index is -2.03. The largest absolute Gasteiger partial charge is 0.331 e. The molecule has 0 bridgehead atoms. The summed E-state index contributed by atoms with van der Waals surface area (Å²) in [5, 5.41) is 0. The molecule has 1 aliphatic rings. The minimum Gasteiger partial charge on any atom is -0.331 e. The number of alkyl halides is 1. The van der Waals surface area contributed by atoms with E-state index in [2.05, 4.69) is 0 Å². The number of carbonyl (C=O) groups is 1. The third kappa shape index (κ3) is 3.50. The molecule has 144 valence electrons. The molecule has 0 saturated carbocycles. The summed E-state index contributed by atoms with van der Waals surface area (Å²) in [7, 11) is 3.05. The summed E-state index contributed by atoms with van der Waals surface area (Å²) in [5.74, 6) is -5.09. The standard InChI is InChI=1S/C20H20F4N2O/c1-25(2)19(27)26-11-5-10-20(26,24)12-13-6-3-7-14(17(13)22)15-8-4-9-16(21)18(15)23/h3-4,6-9H,5,10-12H2,1-2H3. The SMILES string of the molecule is CN(C)C(=O)N1CCCC1(F)Cc1cccc(-c2cccc(F)c2F)c1F. The lowest BCUT2D eigenvalue weighted by Gasteiger charge is -2.33. The smallest absolute Gasteiger partial charge is 0.321 e. The highest BCUT2D eigenvalue weighted by molar-refractivity contribution is 5.75. The molecule has 1 fully saturated rings. The number of amides is 2. The first-order valence-electron chi connectivity index (χ1n) is 8.64. The van der Waals surface area contributed by atoms with Crippen LogP contribution in [-0.2, 0) is 6.42 Å². The molecule has 1 saturated heterocycles. The lowest BCUT2D eigenvalue weighted by molar-refractivity contribution is 0.0203. The van der Waals surface area contributed by atoms with Crippen LogP contribution in [0.3, 0.4) is 0 Å². The van der Waals surface area contributed by atoms with Gasteiger partial charge < -0.3 is 4.90 Å². The van der Waals surface area contributed by atoms with E-state index in [4.69, 9.17) is 0 Å². The summed E-state index contributed by atoms with van der Waals surface area (Å²) in [5.41, 5.74) is -0.358. The maximum absolute atomic E-state index is 15.5. The van der Waals surface area contributed by atoms with Crippen molar-refractivity contribution < 1.29 is 22.4 Å². The molecule has 0 spiro atoms. The van der Waals surface area contributed by atoms with Crippen molar-refractivity contribution in [2.24, 2.45) is 0 Å². The van der Waals surface area contributed by atoms with E-state index in [9.17, 15) is 13.6 Å². The van der Waals surface area contributed by atoms with Gasteiger partial charge in [-0.2, -0.15) is 0 Å². The zero-order valence-corrected chi connectivity index (χ0v) is 15.1. The van der Waals surface area contributed by atoms with E-state index in [0.717, 1.165) is 11.0 Å². The van der Waals surface area contributed by atoms with Gasteiger partial charge in [-0.1, -0.05) is 30.3 Å². The number of carbonyl (C=O) groups excluding carboxylic acids is 1. The fourth-order valence-electron chi connectivity index (χ4n) is 3.46. The van der Waals surface area contributed by atoms with Crippen LogP contribution in [0.1, 0.15) is 18.4 Å². The summed E-state index contributed by atoms with van der Waals surface area (Å²) in [6.07, 6.45) is 0.198. The molecule has 7 heteroatoms. The Kier molecular flexibility index (Phi) is 5.13. The average Bonchev–Trinajstić information content (AvgIpc) is 3.00. The van der Waals surface area contributed by atoms with Gasteiger partial charge in [0.15, 0.2) is 17.4 Å². The molecular weight excluding hydrogens is 360 g/mol. The first-order chi connectivity index (χ1) is 12.7. The van der Waals surface area contributed by atoms with E-state index in [1.54, 1.807) is 0 Å². The minimum absolute atomic E-state index is 0.0112. The first kappa shape index (κ1) is 19.2. The van der Waals surface area contributed by atoms with E-state index < -0.39 is 29.3 Å². The molecule has 0 N–H and O–H groups in total. The van der Waals surface area contributed by atoms with Crippen molar-refractivity contribution in [2.45, 2.75) is 25.1 Å². The Morgan fingerprint density at radius 1 is 1.07 bits per heavy atom. The van der Waals surface area contributed by atoms with Crippen LogP contribution in [0.25, 0.3) is 11.1 Å². The fourth-order valence-corrected chi connectivity index (χ4v) is 3.46. The van der Waals surface area contributed by atoms with Crippen LogP contribution in [0.2, 0.25) is 0 Å². The number of hydrogen-bond donors (Lipinski definition) is 0. The zero-order valence-electron chi connectivity index (χ0n) is 15.1. The van der Waals surface area contributed by atoms with Crippen molar-refractivity contribution in [3.63, 3.8) is 0 Å². The van der Waals surface area contributed by atoms with E-state index in [1.807, 2.05) is 0 Å². The molecule has 1 aliphatic heterocycles. The fraction of sp³-hybridized carbons (Fsp3) is 0.350. The molecule has 3 nitrogen and oxygen atoms in total. The number of urea groups is 1. The topological polar surface area (TPSA) is 23.6 Å². The highest BCUT2D eigenvalue weighted by Crippen LogP contribution is 2.37. The molecular formula is C20H20F4N2O. The first-order valence-corrected chi connectivity index (χ1v) is 8.64. The zero-order chi connectivity index (χ0) is 19.8. The van der Waals surface area contributed by atoms with E-state index in [-0.39, 0.29) is 36.1 Å². The van der Waals surface area contributed by atoms with E-state index in [1.165, 1.54) is 49.3 Å². The molecule has 0 aliphatic carbocycles. The molecule has 2 aromatic rings. The number of hydrogen-bond acceptors (Lipinski definition) is 1. The normalized spacial score (nSPS) is 19.4. The summed E-state index contributed by atoms with van der Waals surface area (Å²) < 4.78 is 58.1. The van der Waals surface area contributed by atoms with Gasteiger partial charge in [0, 0.05) is 44.6 Å². The van der Waals surface area contributed by atoms with Gasteiger partial charge in [-0.3, -0.25) is 4.90 Å². The Morgan fingerprint density at radius 3 is 2.37 bits per heavy atom. The number of benzene rings is 2. The van der Waals surface area contributed by atoms with Crippen LogP contribution in [0.5, 0.6) is 0 Å². The van der Waals surface area contributed by atoms with Crippen LogP contribution >= 0.6 is 0 Å². The molecule has 1 unspecified atom stereocenters. The number of rotatable bonds is 3. The van der Waals surface area contributed by atoms with Gasteiger partial charge in [0.05, 0.1) is 0 Å². The van der Waals surface area contributed by atoms with Crippen molar-refractivity contribution in [3.05, 3.63) is 59.4 Å². The third-order valence-electron chi connectivity index (χ3n) is 4.82. The predicted molar refractivity (Wildman–Crippen MR) is 94.3 cm³/mol. The van der Waals surface area contributed by atoms with Crippen LogP contribution < -0.4 is 0 Å². The van der Waals surface area contributed by atoms with Gasteiger partial charge in [-0.25, -0.2) is 22.4 Å². The lowest BCUT2D eigenvalue weighted by atomic mass is 9.96. The second kappa shape index (κ2) is 7.21. The Morgan fingerprint density at radius 2 is 1.70 bits per heavy atom. The van der Waals surface area contributed by atoms with Crippen molar-refractivity contribution in [1.82, 2.24) is 9.80 Å². The Labute approximate surface area is 155 Å². The second-order valence-electron chi connectivity index (χ2n) is 6.91. The molecule has 27 heavy (non-hydrogen) atoms. The third-order valence-corrected chi connectivity index (χ3v) is 4.82. The molecule has 1 atom stereocenters. The van der Waals surface area contributed by atoms with Crippen LogP contribution in [0.4, 0.5) is 22.4 Å². The van der Waals surface area contributed by atoms with Crippen LogP contribution in [0.15, 0.2) is 36.4 Å². The highest BCUT2D eigenvalue weighted by Gasteiger charge is 2.45. The molecule has 2 amide bonds. The van der Waals surface area contributed by atoms with Gasteiger partial charge in [0.2, 0.25) is 0 Å². The summed E-state index contributed by atoms with van der Waals surface area (Å²) in [6.45, 7) is 0.243. The van der Waals surface area contributed by atoms with Crippen LogP contribution in [-0.4, -0.2) is 42.3 Å².